The first-order valence-corrected chi connectivity index (χ1v) is 6.05. The Morgan fingerprint density at radius 1 is 1.53 bits per heavy atom. The molecule has 4 heteroatoms. The highest BCUT2D eigenvalue weighted by Crippen LogP contribution is 2.07. The highest BCUT2D eigenvalue weighted by atomic mass is 16.5. The van der Waals surface area contributed by atoms with Gasteiger partial charge in [-0.1, -0.05) is 13.8 Å². The number of methoxy groups -OCH3 is 1. The van der Waals surface area contributed by atoms with Gasteiger partial charge in [0.15, 0.2) is 0 Å². The second-order valence-electron chi connectivity index (χ2n) is 4.41. The lowest BCUT2D eigenvalue weighted by molar-refractivity contribution is -0.144. The van der Waals surface area contributed by atoms with E-state index in [1.54, 1.807) is 0 Å². The van der Waals surface area contributed by atoms with Gasteiger partial charge >= 0.3 is 5.97 Å². The molecule has 0 unspecified atom stereocenters. The molecule has 0 saturated carbocycles. The third-order valence-electron chi connectivity index (χ3n) is 2.89. The number of aromatic nitrogens is 1. The zero-order chi connectivity index (χ0) is 12.8. The predicted octanol–water partition coefficient (Wildman–Crippen LogP) is 1.80. The van der Waals surface area contributed by atoms with Crippen LogP contribution in [-0.4, -0.2) is 23.7 Å². The van der Waals surface area contributed by atoms with Gasteiger partial charge in [-0.2, -0.15) is 0 Å². The second kappa shape index (κ2) is 6.45. The fraction of sp³-hybridized carbons (Fsp3) is 0.615. The van der Waals surface area contributed by atoms with E-state index >= 15 is 0 Å². The molecule has 0 saturated heterocycles. The molecule has 0 aliphatic carbocycles. The van der Waals surface area contributed by atoms with Crippen molar-refractivity contribution in [2.45, 2.75) is 39.9 Å². The minimum atomic E-state index is -0.250. The van der Waals surface area contributed by atoms with E-state index in [0.29, 0.717) is 6.54 Å². The number of carbonyl (C=O) groups is 1. The molecule has 4 nitrogen and oxygen atoms in total. The largest absolute Gasteiger partial charge is 0.468 e. The lowest BCUT2D eigenvalue weighted by Gasteiger charge is -2.20. The fourth-order valence-electron chi connectivity index (χ4n) is 1.85. The summed E-state index contributed by atoms with van der Waals surface area (Å²) in [6.07, 6.45) is 2.04. The van der Waals surface area contributed by atoms with Crippen molar-refractivity contribution in [3.63, 3.8) is 0 Å². The van der Waals surface area contributed by atoms with Crippen molar-refractivity contribution < 1.29 is 9.53 Å². The van der Waals surface area contributed by atoms with Crippen LogP contribution in [-0.2, 0) is 22.6 Å². The first-order valence-electron chi connectivity index (χ1n) is 6.05. The molecule has 0 bridgehead atoms. The van der Waals surface area contributed by atoms with Gasteiger partial charge in [-0.3, -0.25) is 10.1 Å². The maximum atomic E-state index is 11.6. The average molecular weight is 238 g/mol. The Kier molecular flexibility index (Phi) is 5.22. The van der Waals surface area contributed by atoms with Gasteiger partial charge in [0.1, 0.15) is 6.04 Å². The number of carbonyl (C=O) groups excluding carboxylic acids is 1. The molecular weight excluding hydrogens is 216 g/mol. The summed E-state index contributed by atoms with van der Waals surface area (Å²) in [6, 6.07) is 3.83. The van der Waals surface area contributed by atoms with Crippen molar-refractivity contribution in [3.8, 4) is 0 Å². The lowest BCUT2D eigenvalue weighted by Crippen LogP contribution is -2.41. The number of hydrogen-bond donors (Lipinski definition) is 1. The van der Waals surface area contributed by atoms with Gasteiger partial charge in [-0.25, -0.2) is 0 Å². The van der Waals surface area contributed by atoms with E-state index < -0.39 is 0 Å². The van der Waals surface area contributed by atoms with Crippen LogP contribution in [0.3, 0.4) is 0 Å². The van der Waals surface area contributed by atoms with Crippen molar-refractivity contribution in [2.24, 2.45) is 5.92 Å². The third-order valence-corrected chi connectivity index (χ3v) is 2.89. The fourth-order valence-corrected chi connectivity index (χ4v) is 1.85. The van der Waals surface area contributed by atoms with Gasteiger partial charge in [0.25, 0.3) is 0 Å². The van der Waals surface area contributed by atoms with Crippen LogP contribution in [0.5, 0.6) is 0 Å². The monoisotopic (exact) mass is 238 g/mol. The molecule has 1 N–H and O–H groups in total. The van der Waals surface area contributed by atoms with Gasteiger partial charge in [0.2, 0.25) is 0 Å². The molecule has 0 aliphatic rings. The molecule has 96 valence electrons. The predicted molar refractivity (Wildman–Crippen MR) is 67.6 cm³/mol. The van der Waals surface area contributed by atoms with Gasteiger partial charge in [-0.15, -0.1) is 0 Å². The number of rotatable bonds is 6. The Bertz CT molecular complexity index is 358. The SMILES string of the molecule is CCn1cccc1CN[C@H](C(=O)OC)C(C)C. The van der Waals surface area contributed by atoms with Crippen LogP contribution in [0.2, 0.25) is 0 Å². The number of aryl methyl sites for hydroxylation is 1. The first-order chi connectivity index (χ1) is 8.10. The molecule has 1 heterocycles. The van der Waals surface area contributed by atoms with Crippen LogP contribution < -0.4 is 5.32 Å². The molecule has 0 amide bonds. The quantitative estimate of drug-likeness (QED) is 0.768. The van der Waals surface area contributed by atoms with Gasteiger partial charge in [0, 0.05) is 25.0 Å². The molecule has 17 heavy (non-hydrogen) atoms. The Hall–Kier alpha value is -1.29. The van der Waals surface area contributed by atoms with Gasteiger partial charge in [0.05, 0.1) is 7.11 Å². The summed E-state index contributed by atoms with van der Waals surface area (Å²) in [4.78, 5) is 11.6. The molecule has 0 radical (unpaired) electrons. The average Bonchev–Trinajstić information content (AvgIpc) is 2.75. The minimum Gasteiger partial charge on any atom is -0.468 e. The minimum absolute atomic E-state index is 0.199. The zero-order valence-electron chi connectivity index (χ0n) is 11.1. The Morgan fingerprint density at radius 3 is 2.76 bits per heavy atom. The summed E-state index contributed by atoms with van der Waals surface area (Å²) < 4.78 is 6.95. The highest BCUT2D eigenvalue weighted by Gasteiger charge is 2.22. The maximum Gasteiger partial charge on any atom is 0.323 e. The molecule has 1 atom stereocenters. The van der Waals surface area contributed by atoms with Crippen molar-refractivity contribution in [2.75, 3.05) is 7.11 Å². The second-order valence-corrected chi connectivity index (χ2v) is 4.41. The van der Waals surface area contributed by atoms with E-state index in [1.165, 1.54) is 12.8 Å². The summed E-state index contributed by atoms with van der Waals surface area (Å²) in [5.74, 6) is 0.0158. The summed E-state index contributed by atoms with van der Waals surface area (Å²) in [5.41, 5.74) is 1.18. The van der Waals surface area contributed by atoms with Crippen LogP contribution in [0.4, 0.5) is 0 Å². The molecule has 0 aliphatic heterocycles. The van der Waals surface area contributed by atoms with E-state index in [1.807, 2.05) is 26.1 Å². The molecule has 0 spiro atoms. The van der Waals surface area contributed by atoms with E-state index in [0.717, 1.165) is 6.54 Å². The molecule has 1 rings (SSSR count). The summed E-state index contributed by atoms with van der Waals surface area (Å²) in [5, 5.41) is 3.25. The number of esters is 1. The van der Waals surface area contributed by atoms with Gasteiger partial charge < -0.3 is 9.30 Å². The molecule has 1 aromatic heterocycles. The lowest BCUT2D eigenvalue weighted by atomic mass is 10.0. The van der Waals surface area contributed by atoms with Crippen molar-refractivity contribution >= 4 is 5.97 Å². The van der Waals surface area contributed by atoms with Crippen LogP contribution in [0, 0.1) is 5.92 Å². The Balaban J connectivity index is 2.61. The molecule has 0 aromatic carbocycles. The Morgan fingerprint density at radius 2 is 2.24 bits per heavy atom. The normalized spacial score (nSPS) is 12.8. The topological polar surface area (TPSA) is 43.3 Å². The first kappa shape index (κ1) is 13.8. The van der Waals surface area contributed by atoms with Crippen LogP contribution in [0.25, 0.3) is 0 Å². The van der Waals surface area contributed by atoms with E-state index in [4.69, 9.17) is 4.74 Å². The van der Waals surface area contributed by atoms with Crippen molar-refractivity contribution in [1.29, 1.82) is 0 Å². The Labute approximate surface area is 103 Å². The van der Waals surface area contributed by atoms with E-state index in [-0.39, 0.29) is 17.9 Å². The zero-order valence-corrected chi connectivity index (χ0v) is 11.1. The molecule has 0 fully saturated rings. The van der Waals surface area contributed by atoms with Gasteiger partial charge in [-0.05, 0) is 25.0 Å². The molecular formula is C13H22N2O2. The van der Waals surface area contributed by atoms with Crippen LogP contribution >= 0.6 is 0 Å². The van der Waals surface area contributed by atoms with Crippen LogP contribution in [0.1, 0.15) is 26.5 Å². The summed E-state index contributed by atoms with van der Waals surface area (Å²) in [7, 11) is 1.42. The smallest absolute Gasteiger partial charge is 0.323 e. The highest BCUT2D eigenvalue weighted by molar-refractivity contribution is 5.75. The number of hydrogen-bond acceptors (Lipinski definition) is 3. The maximum absolute atomic E-state index is 11.6. The number of ether oxygens (including phenoxy) is 1. The van der Waals surface area contributed by atoms with Crippen molar-refractivity contribution in [1.82, 2.24) is 9.88 Å². The van der Waals surface area contributed by atoms with E-state index in [9.17, 15) is 4.79 Å². The van der Waals surface area contributed by atoms with Crippen molar-refractivity contribution in [3.05, 3.63) is 24.0 Å². The van der Waals surface area contributed by atoms with Crippen LogP contribution in [0.15, 0.2) is 18.3 Å². The third kappa shape index (κ3) is 3.60. The van der Waals surface area contributed by atoms with E-state index in [2.05, 4.69) is 22.9 Å². The standard InChI is InChI=1S/C13H22N2O2/c1-5-15-8-6-7-11(15)9-14-12(10(2)3)13(16)17-4/h6-8,10,12,14H,5,9H2,1-4H3/t12-/m0/s1. The number of nitrogens with one attached hydrogen (secondary N) is 1. The molecule has 1 aromatic rings. The number of nitrogens with zero attached hydrogens (tertiary/aromatic N) is 1. The summed E-state index contributed by atoms with van der Waals surface area (Å²) in [6.45, 7) is 7.73. The summed E-state index contributed by atoms with van der Waals surface area (Å²) >= 11 is 0.